The van der Waals surface area contributed by atoms with Crippen molar-refractivity contribution in [3.05, 3.63) is 53.2 Å². The predicted molar refractivity (Wildman–Crippen MR) is 81.8 cm³/mol. The second kappa shape index (κ2) is 6.40. The van der Waals surface area contributed by atoms with Crippen LogP contribution in [0.25, 0.3) is 10.7 Å². The quantitative estimate of drug-likeness (QED) is 0.783. The second-order valence-electron chi connectivity index (χ2n) is 4.40. The zero-order valence-corrected chi connectivity index (χ0v) is 12.6. The van der Waals surface area contributed by atoms with Gasteiger partial charge in [-0.2, -0.15) is 4.98 Å². The summed E-state index contributed by atoms with van der Waals surface area (Å²) in [4.78, 5) is 17.2. The molecule has 0 radical (unpaired) electrons. The van der Waals surface area contributed by atoms with Gasteiger partial charge < -0.3 is 14.6 Å². The van der Waals surface area contributed by atoms with Crippen LogP contribution in [0.15, 0.2) is 46.3 Å². The van der Waals surface area contributed by atoms with E-state index in [0.29, 0.717) is 23.0 Å². The number of amides is 1. The molecule has 0 fully saturated rings. The topological polar surface area (TPSA) is 77.2 Å². The summed E-state index contributed by atoms with van der Waals surface area (Å²) in [6.07, 6.45) is 0. The molecule has 1 amide bonds. The number of rotatable bonds is 5. The number of hydrogen-bond acceptors (Lipinski definition) is 6. The summed E-state index contributed by atoms with van der Waals surface area (Å²) in [7, 11) is 1.56. The summed E-state index contributed by atoms with van der Waals surface area (Å²) in [6, 6.07) is 10.7. The molecule has 22 heavy (non-hydrogen) atoms. The SMILES string of the molecule is COc1cccc(C(=O)NCc2nc(-c3cccs3)no2)c1. The first-order chi connectivity index (χ1) is 10.8. The number of ether oxygens (including phenoxy) is 1. The first-order valence-electron chi connectivity index (χ1n) is 6.55. The van der Waals surface area contributed by atoms with Crippen molar-refractivity contribution in [2.45, 2.75) is 6.54 Å². The summed E-state index contributed by atoms with van der Waals surface area (Å²) in [5, 5.41) is 8.57. The van der Waals surface area contributed by atoms with Gasteiger partial charge in [-0.25, -0.2) is 0 Å². The third-order valence-corrected chi connectivity index (χ3v) is 3.81. The van der Waals surface area contributed by atoms with Gasteiger partial charge in [-0.05, 0) is 29.6 Å². The summed E-state index contributed by atoms with van der Waals surface area (Å²) in [5.41, 5.74) is 0.511. The molecule has 0 unspecified atom stereocenters. The van der Waals surface area contributed by atoms with E-state index in [9.17, 15) is 4.79 Å². The first-order valence-corrected chi connectivity index (χ1v) is 7.43. The molecule has 6 nitrogen and oxygen atoms in total. The van der Waals surface area contributed by atoms with Crippen molar-refractivity contribution in [1.82, 2.24) is 15.5 Å². The van der Waals surface area contributed by atoms with Crippen molar-refractivity contribution in [3.63, 3.8) is 0 Å². The van der Waals surface area contributed by atoms with Crippen molar-refractivity contribution < 1.29 is 14.1 Å². The second-order valence-corrected chi connectivity index (χ2v) is 5.35. The van der Waals surface area contributed by atoms with Crippen LogP contribution in [0.4, 0.5) is 0 Å². The minimum atomic E-state index is -0.227. The Morgan fingerprint density at radius 2 is 2.27 bits per heavy atom. The summed E-state index contributed by atoms with van der Waals surface area (Å²) in [5.74, 6) is 1.29. The lowest BCUT2D eigenvalue weighted by atomic mass is 10.2. The van der Waals surface area contributed by atoms with Gasteiger partial charge in [-0.3, -0.25) is 4.79 Å². The number of methoxy groups -OCH3 is 1. The van der Waals surface area contributed by atoms with Crippen molar-refractivity contribution in [1.29, 1.82) is 0 Å². The predicted octanol–water partition coefficient (Wildman–Crippen LogP) is 2.74. The number of carbonyl (C=O) groups excluding carboxylic acids is 1. The Bertz CT molecular complexity index is 768. The van der Waals surface area contributed by atoms with Gasteiger partial charge in [-0.1, -0.05) is 17.3 Å². The van der Waals surface area contributed by atoms with Gasteiger partial charge in [0.2, 0.25) is 11.7 Å². The van der Waals surface area contributed by atoms with Crippen LogP contribution in [-0.4, -0.2) is 23.2 Å². The summed E-state index contributed by atoms with van der Waals surface area (Å²) >= 11 is 1.53. The maximum absolute atomic E-state index is 12.1. The number of carbonyl (C=O) groups is 1. The number of nitrogens with one attached hydrogen (secondary N) is 1. The monoisotopic (exact) mass is 315 g/mol. The Balaban J connectivity index is 1.63. The van der Waals surface area contributed by atoms with Crippen LogP contribution in [0.1, 0.15) is 16.2 Å². The molecular formula is C15H13N3O3S. The van der Waals surface area contributed by atoms with Gasteiger partial charge in [0.05, 0.1) is 18.5 Å². The van der Waals surface area contributed by atoms with Crippen LogP contribution in [0.5, 0.6) is 5.75 Å². The normalized spacial score (nSPS) is 10.4. The minimum absolute atomic E-state index is 0.175. The van der Waals surface area contributed by atoms with Crippen LogP contribution in [-0.2, 0) is 6.54 Å². The lowest BCUT2D eigenvalue weighted by Gasteiger charge is -2.04. The number of aromatic nitrogens is 2. The molecule has 0 spiro atoms. The first kappa shape index (κ1) is 14.3. The molecule has 3 aromatic rings. The smallest absolute Gasteiger partial charge is 0.251 e. The van der Waals surface area contributed by atoms with Crippen LogP contribution in [0.3, 0.4) is 0 Å². The Kier molecular flexibility index (Phi) is 4.15. The summed E-state index contributed by atoms with van der Waals surface area (Å²) in [6.45, 7) is 0.175. The van der Waals surface area contributed by atoms with Crippen molar-refractivity contribution in [2.24, 2.45) is 0 Å². The maximum Gasteiger partial charge on any atom is 0.251 e. The highest BCUT2D eigenvalue weighted by molar-refractivity contribution is 7.13. The number of benzene rings is 1. The maximum atomic E-state index is 12.1. The van der Waals surface area contributed by atoms with Crippen LogP contribution < -0.4 is 10.1 Å². The Morgan fingerprint density at radius 1 is 1.36 bits per heavy atom. The molecule has 0 saturated carbocycles. The molecule has 0 aliphatic carbocycles. The van der Waals surface area contributed by atoms with E-state index in [1.54, 1.807) is 31.4 Å². The number of nitrogens with zero attached hydrogens (tertiary/aromatic N) is 2. The highest BCUT2D eigenvalue weighted by atomic mass is 32.1. The third kappa shape index (κ3) is 3.15. The van der Waals surface area contributed by atoms with Gasteiger partial charge in [0.15, 0.2) is 0 Å². The zero-order valence-electron chi connectivity index (χ0n) is 11.8. The molecule has 7 heteroatoms. The van der Waals surface area contributed by atoms with Crippen molar-refractivity contribution in [3.8, 4) is 16.5 Å². The van der Waals surface area contributed by atoms with E-state index >= 15 is 0 Å². The fraction of sp³-hybridized carbons (Fsp3) is 0.133. The highest BCUT2D eigenvalue weighted by Gasteiger charge is 2.11. The lowest BCUT2D eigenvalue weighted by Crippen LogP contribution is -2.22. The average Bonchev–Trinajstić information content (AvgIpc) is 3.23. The molecule has 0 aliphatic heterocycles. The van der Waals surface area contributed by atoms with E-state index in [0.717, 1.165) is 4.88 Å². The molecule has 3 rings (SSSR count). The van der Waals surface area contributed by atoms with E-state index in [2.05, 4.69) is 15.5 Å². The molecular weight excluding hydrogens is 302 g/mol. The Hall–Kier alpha value is -2.67. The molecule has 2 aromatic heterocycles. The average molecular weight is 315 g/mol. The lowest BCUT2D eigenvalue weighted by molar-refractivity contribution is 0.0946. The molecule has 2 heterocycles. The molecule has 0 aliphatic rings. The van der Waals surface area contributed by atoms with Gasteiger partial charge in [0.25, 0.3) is 5.91 Å². The van der Waals surface area contributed by atoms with Gasteiger partial charge in [0, 0.05) is 5.56 Å². The summed E-state index contributed by atoms with van der Waals surface area (Å²) < 4.78 is 10.2. The van der Waals surface area contributed by atoms with E-state index in [4.69, 9.17) is 9.26 Å². The largest absolute Gasteiger partial charge is 0.497 e. The molecule has 0 bridgehead atoms. The van der Waals surface area contributed by atoms with Gasteiger partial charge >= 0.3 is 0 Å². The van der Waals surface area contributed by atoms with E-state index < -0.39 is 0 Å². The van der Waals surface area contributed by atoms with Crippen LogP contribution >= 0.6 is 11.3 Å². The van der Waals surface area contributed by atoms with Crippen LogP contribution in [0.2, 0.25) is 0 Å². The Morgan fingerprint density at radius 3 is 3.05 bits per heavy atom. The Labute approximate surface area is 130 Å². The zero-order chi connectivity index (χ0) is 15.4. The van der Waals surface area contributed by atoms with Crippen LogP contribution in [0, 0.1) is 0 Å². The van der Waals surface area contributed by atoms with E-state index in [1.807, 2.05) is 17.5 Å². The molecule has 1 N–H and O–H groups in total. The van der Waals surface area contributed by atoms with Crippen molar-refractivity contribution in [2.75, 3.05) is 7.11 Å². The number of hydrogen-bond donors (Lipinski definition) is 1. The molecule has 0 atom stereocenters. The molecule has 112 valence electrons. The standard InChI is InChI=1S/C15H13N3O3S/c1-20-11-5-2-4-10(8-11)15(19)16-9-13-17-14(18-21-13)12-6-3-7-22-12/h2-8H,9H2,1H3,(H,16,19). The minimum Gasteiger partial charge on any atom is -0.497 e. The third-order valence-electron chi connectivity index (χ3n) is 2.94. The van der Waals surface area contributed by atoms with Gasteiger partial charge in [0.1, 0.15) is 5.75 Å². The number of thiophene rings is 1. The van der Waals surface area contributed by atoms with E-state index in [-0.39, 0.29) is 12.5 Å². The molecule has 0 saturated heterocycles. The van der Waals surface area contributed by atoms with Gasteiger partial charge in [-0.15, -0.1) is 11.3 Å². The highest BCUT2D eigenvalue weighted by Crippen LogP contribution is 2.21. The fourth-order valence-corrected chi connectivity index (χ4v) is 2.50. The molecule has 1 aromatic carbocycles. The van der Waals surface area contributed by atoms with Crippen molar-refractivity contribution >= 4 is 17.2 Å². The fourth-order valence-electron chi connectivity index (χ4n) is 1.85. The van der Waals surface area contributed by atoms with E-state index in [1.165, 1.54) is 11.3 Å².